The summed E-state index contributed by atoms with van der Waals surface area (Å²) in [5, 5.41) is 5.79. The molecule has 2 N–H and O–H groups in total. The molecular weight excluding hydrogens is 390 g/mol. The van der Waals surface area contributed by atoms with E-state index in [2.05, 4.69) is 17.6 Å². The highest BCUT2D eigenvalue weighted by molar-refractivity contribution is 7.89. The second-order valence-electron chi connectivity index (χ2n) is 6.40. The standard InChI is InChI=1S/C21H29N3O4S/c1-5-16-8-10-17(11-9-16)23-21(25)15-22-19-14-18(12-13-20(19)28-4)29(26,27)24(6-2)7-3/h8-14,22H,5-7,15H2,1-4H3,(H,23,25). The molecule has 158 valence electrons. The predicted molar refractivity (Wildman–Crippen MR) is 116 cm³/mol. The van der Waals surface area contributed by atoms with Crippen molar-refractivity contribution >= 4 is 27.3 Å². The number of rotatable bonds is 10. The molecule has 0 aliphatic carbocycles. The minimum Gasteiger partial charge on any atom is -0.495 e. The first-order valence-electron chi connectivity index (χ1n) is 9.66. The number of methoxy groups -OCH3 is 1. The fourth-order valence-corrected chi connectivity index (χ4v) is 4.39. The third kappa shape index (κ3) is 5.71. The van der Waals surface area contributed by atoms with Crippen LogP contribution in [0, 0.1) is 0 Å². The Balaban J connectivity index is 2.13. The van der Waals surface area contributed by atoms with Crippen molar-refractivity contribution in [3.8, 4) is 5.75 Å². The van der Waals surface area contributed by atoms with Crippen molar-refractivity contribution in [3.05, 3.63) is 48.0 Å². The van der Waals surface area contributed by atoms with Crippen molar-refractivity contribution in [3.63, 3.8) is 0 Å². The van der Waals surface area contributed by atoms with Crippen molar-refractivity contribution < 1.29 is 17.9 Å². The van der Waals surface area contributed by atoms with Crippen LogP contribution in [0.15, 0.2) is 47.4 Å². The minimum atomic E-state index is -3.61. The molecule has 7 nitrogen and oxygen atoms in total. The van der Waals surface area contributed by atoms with Gasteiger partial charge in [0.1, 0.15) is 5.75 Å². The number of nitrogens with zero attached hydrogens (tertiary/aromatic N) is 1. The van der Waals surface area contributed by atoms with Crippen LogP contribution in [0.3, 0.4) is 0 Å². The molecule has 29 heavy (non-hydrogen) atoms. The van der Waals surface area contributed by atoms with Crippen LogP contribution >= 0.6 is 0 Å². The zero-order valence-electron chi connectivity index (χ0n) is 17.4. The van der Waals surface area contributed by atoms with Crippen LogP contribution in [0.2, 0.25) is 0 Å². The molecule has 2 rings (SSSR count). The van der Waals surface area contributed by atoms with E-state index in [-0.39, 0.29) is 17.3 Å². The maximum Gasteiger partial charge on any atom is 0.243 e. The Morgan fingerprint density at radius 2 is 1.69 bits per heavy atom. The maximum atomic E-state index is 12.8. The topological polar surface area (TPSA) is 87.7 Å². The molecule has 0 spiro atoms. The van der Waals surface area contributed by atoms with Crippen LogP contribution in [0.5, 0.6) is 5.75 Å². The molecule has 0 bridgehead atoms. The monoisotopic (exact) mass is 419 g/mol. The van der Waals surface area contributed by atoms with Crippen LogP contribution in [-0.2, 0) is 21.2 Å². The van der Waals surface area contributed by atoms with Crippen LogP contribution in [0.4, 0.5) is 11.4 Å². The number of anilines is 2. The Bertz CT molecular complexity index is 923. The quantitative estimate of drug-likeness (QED) is 0.617. The van der Waals surface area contributed by atoms with Crippen molar-refractivity contribution in [1.82, 2.24) is 4.31 Å². The maximum absolute atomic E-state index is 12.8. The van der Waals surface area contributed by atoms with Gasteiger partial charge in [0.25, 0.3) is 0 Å². The van der Waals surface area contributed by atoms with Gasteiger partial charge >= 0.3 is 0 Å². The van der Waals surface area contributed by atoms with Gasteiger partial charge in [-0.05, 0) is 42.3 Å². The van der Waals surface area contributed by atoms with Gasteiger partial charge < -0.3 is 15.4 Å². The van der Waals surface area contributed by atoms with Gasteiger partial charge in [0.15, 0.2) is 0 Å². The first-order chi connectivity index (χ1) is 13.8. The largest absolute Gasteiger partial charge is 0.495 e. The third-order valence-corrected chi connectivity index (χ3v) is 6.65. The number of nitrogens with one attached hydrogen (secondary N) is 2. The molecule has 0 saturated carbocycles. The Kier molecular flexibility index (Phi) is 8.04. The fraction of sp³-hybridized carbons (Fsp3) is 0.381. The lowest BCUT2D eigenvalue weighted by molar-refractivity contribution is -0.114. The molecule has 0 atom stereocenters. The summed E-state index contributed by atoms with van der Waals surface area (Å²) < 4.78 is 32.2. The van der Waals surface area contributed by atoms with Crippen LogP contribution in [-0.4, -0.2) is 45.4 Å². The van der Waals surface area contributed by atoms with Gasteiger partial charge in [-0.25, -0.2) is 8.42 Å². The number of aryl methyl sites for hydroxylation is 1. The number of carbonyl (C=O) groups is 1. The van der Waals surface area contributed by atoms with E-state index in [0.29, 0.717) is 30.2 Å². The number of amides is 1. The third-order valence-electron chi connectivity index (χ3n) is 4.60. The first kappa shape index (κ1) is 22.7. The molecule has 8 heteroatoms. The van der Waals surface area contributed by atoms with Crippen LogP contribution < -0.4 is 15.4 Å². The molecule has 0 aromatic heterocycles. The molecule has 0 heterocycles. The highest BCUT2D eigenvalue weighted by Crippen LogP contribution is 2.28. The highest BCUT2D eigenvalue weighted by Gasteiger charge is 2.23. The molecule has 0 aliphatic rings. The summed E-state index contributed by atoms with van der Waals surface area (Å²) in [5.74, 6) is 0.219. The molecule has 0 radical (unpaired) electrons. The first-order valence-corrected chi connectivity index (χ1v) is 11.1. The van der Waals surface area contributed by atoms with Crippen LogP contribution in [0.1, 0.15) is 26.3 Å². The number of hydrogen-bond acceptors (Lipinski definition) is 5. The predicted octanol–water partition coefficient (Wildman–Crippen LogP) is 3.34. The average Bonchev–Trinajstić information content (AvgIpc) is 2.73. The Hall–Kier alpha value is -2.58. The lowest BCUT2D eigenvalue weighted by Gasteiger charge is -2.20. The van der Waals surface area contributed by atoms with E-state index < -0.39 is 10.0 Å². The Labute approximate surface area is 173 Å². The average molecular weight is 420 g/mol. The van der Waals surface area contributed by atoms with Gasteiger partial charge in [0.05, 0.1) is 24.2 Å². The van der Waals surface area contributed by atoms with Gasteiger partial charge in [-0.1, -0.05) is 32.9 Å². The molecule has 2 aromatic carbocycles. The molecule has 0 aliphatic heterocycles. The summed E-state index contributed by atoms with van der Waals surface area (Å²) in [6.07, 6.45) is 0.933. The summed E-state index contributed by atoms with van der Waals surface area (Å²) in [7, 11) is -2.11. The Morgan fingerprint density at radius 1 is 1.03 bits per heavy atom. The number of ether oxygens (including phenoxy) is 1. The number of sulfonamides is 1. The van der Waals surface area contributed by atoms with E-state index in [9.17, 15) is 13.2 Å². The summed E-state index contributed by atoms with van der Waals surface area (Å²) in [4.78, 5) is 12.4. The van der Waals surface area contributed by atoms with Gasteiger partial charge in [0, 0.05) is 18.8 Å². The van der Waals surface area contributed by atoms with Crippen molar-refractivity contribution in [1.29, 1.82) is 0 Å². The van der Waals surface area contributed by atoms with E-state index >= 15 is 0 Å². The minimum absolute atomic E-state index is 0.0271. The van der Waals surface area contributed by atoms with E-state index in [0.717, 1.165) is 6.42 Å². The molecule has 0 saturated heterocycles. The summed E-state index contributed by atoms with van der Waals surface area (Å²) >= 11 is 0. The lowest BCUT2D eigenvalue weighted by atomic mass is 10.1. The summed E-state index contributed by atoms with van der Waals surface area (Å²) in [6.45, 7) is 6.39. The van der Waals surface area contributed by atoms with Gasteiger partial charge in [0.2, 0.25) is 15.9 Å². The van der Waals surface area contributed by atoms with Gasteiger partial charge in [-0.3, -0.25) is 4.79 Å². The Morgan fingerprint density at radius 3 is 2.24 bits per heavy atom. The molecular formula is C21H29N3O4S. The normalized spacial score (nSPS) is 11.3. The SMILES string of the molecule is CCc1ccc(NC(=O)CNc2cc(S(=O)(=O)N(CC)CC)ccc2OC)cc1. The second kappa shape index (κ2) is 10.3. The number of benzene rings is 2. The number of hydrogen-bond donors (Lipinski definition) is 2. The zero-order chi connectivity index (χ0) is 21.4. The second-order valence-corrected chi connectivity index (χ2v) is 8.34. The zero-order valence-corrected chi connectivity index (χ0v) is 18.2. The van der Waals surface area contributed by atoms with E-state index in [4.69, 9.17) is 4.74 Å². The van der Waals surface area contributed by atoms with E-state index in [1.807, 2.05) is 24.3 Å². The lowest BCUT2D eigenvalue weighted by Crippen LogP contribution is -2.30. The summed E-state index contributed by atoms with van der Waals surface area (Å²) in [5.41, 5.74) is 2.34. The highest BCUT2D eigenvalue weighted by atomic mass is 32.2. The molecule has 0 fully saturated rings. The number of carbonyl (C=O) groups excluding carboxylic acids is 1. The smallest absolute Gasteiger partial charge is 0.243 e. The molecule has 0 unspecified atom stereocenters. The molecule has 2 aromatic rings. The van der Waals surface area contributed by atoms with Crippen molar-refractivity contribution in [2.24, 2.45) is 0 Å². The van der Waals surface area contributed by atoms with Gasteiger partial charge in [-0.15, -0.1) is 0 Å². The van der Waals surface area contributed by atoms with E-state index in [1.165, 1.54) is 29.1 Å². The van der Waals surface area contributed by atoms with Crippen molar-refractivity contribution in [2.75, 3.05) is 37.4 Å². The molecule has 1 amide bonds. The van der Waals surface area contributed by atoms with Crippen LogP contribution in [0.25, 0.3) is 0 Å². The van der Waals surface area contributed by atoms with Crippen molar-refractivity contribution in [2.45, 2.75) is 32.1 Å². The fourth-order valence-electron chi connectivity index (χ4n) is 2.90. The van der Waals surface area contributed by atoms with Gasteiger partial charge in [-0.2, -0.15) is 4.31 Å². The summed E-state index contributed by atoms with van der Waals surface area (Å²) in [6, 6.07) is 12.2. The van der Waals surface area contributed by atoms with E-state index in [1.54, 1.807) is 19.9 Å².